The zero-order chi connectivity index (χ0) is 13.7. The van der Waals surface area contributed by atoms with E-state index < -0.39 is 0 Å². The summed E-state index contributed by atoms with van der Waals surface area (Å²) >= 11 is 3.21. The molecule has 19 heavy (non-hydrogen) atoms. The van der Waals surface area contributed by atoms with Crippen molar-refractivity contribution in [3.05, 3.63) is 46.4 Å². The summed E-state index contributed by atoms with van der Waals surface area (Å²) in [6.45, 7) is 1.94. The summed E-state index contributed by atoms with van der Waals surface area (Å²) in [5.41, 5.74) is 1.62. The summed E-state index contributed by atoms with van der Waals surface area (Å²) in [5.74, 6) is -0.149. The van der Waals surface area contributed by atoms with E-state index in [1.165, 1.54) is 6.08 Å². The number of aryl methyl sites for hydroxylation is 1. The van der Waals surface area contributed by atoms with Gasteiger partial charge in [0, 0.05) is 22.0 Å². The molecule has 0 aliphatic carbocycles. The van der Waals surface area contributed by atoms with Gasteiger partial charge in [0.05, 0.1) is 10.7 Å². The lowest BCUT2D eigenvalue weighted by Crippen LogP contribution is -2.07. The van der Waals surface area contributed by atoms with Crippen molar-refractivity contribution in [2.45, 2.75) is 11.8 Å². The lowest BCUT2D eigenvalue weighted by molar-refractivity contribution is -0.111. The van der Waals surface area contributed by atoms with Crippen LogP contribution in [-0.4, -0.2) is 17.1 Å². The number of anilines is 1. The third-order valence-electron chi connectivity index (χ3n) is 2.38. The highest BCUT2D eigenvalue weighted by Gasteiger charge is 2.00. The Balaban J connectivity index is 1.99. The quantitative estimate of drug-likeness (QED) is 0.687. The topological polar surface area (TPSA) is 42.0 Å². The van der Waals surface area contributed by atoms with E-state index in [1.807, 2.05) is 42.8 Å². The van der Waals surface area contributed by atoms with Gasteiger partial charge < -0.3 is 5.32 Å². The van der Waals surface area contributed by atoms with Crippen molar-refractivity contribution >= 4 is 40.8 Å². The lowest BCUT2D eigenvalue weighted by Gasteiger charge is -2.03. The first-order chi connectivity index (χ1) is 9.17. The minimum absolute atomic E-state index is 0.149. The zero-order valence-electron chi connectivity index (χ0n) is 10.7. The molecule has 0 fully saturated rings. The average Bonchev–Trinajstić information content (AvgIpc) is 2.82. The Labute approximate surface area is 120 Å². The second kappa shape index (κ2) is 6.54. The summed E-state index contributed by atoms with van der Waals surface area (Å²) in [4.78, 5) is 17.2. The van der Waals surface area contributed by atoms with Crippen LogP contribution in [-0.2, 0) is 4.79 Å². The van der Waals surface area contributed by atoms with Gasteiger partial charge in [-0.05, 0) is 37.5 Å². The van der Waals surface area contributed by atoms with E-state index in [0.29, 0.717) is 0 Å². The largest absolute Gasteiger partial charge is 0.322 e. The van der Waals surface area contributed by atoms with Crippen molar-refractivity contribution in [3.8, 4) is 0 Å². The maximum absolute atomic E-state index is 11.8. The van der Waals surface area contributed by atoms with E-state index in [4.69, 9.17) is 0 Å². The predicted molar refractivity (Wildman–Crippen MR) is 82.7 cm³/mol. The number of rotatable bonds is 4. The minimum atomic E-state index is -0.149. The molecule has 1 aromatic carbocycles. The van der Waals surface area contributed by atoms with Crippen LogP contribution in [0.5, 0.6) is 0 Å². The highest BCUT2D eigenvalue weighted by atomic mass is 32.2. The Bertz CT molecular complexity index is 605. The number of aromatic nitrogens is 1. The first kappa shape index (κ1) is 13.8. The number of thioether (sulfide) groups is 1. The molecule has 0 atom stereocenters. The van der Waals surface area contributed by atoms with Crippen LogP contribution in [0.1, 0.15) is 10.7 Å². The number of nitrogens with zero attached hydrogens (tertiary/aromatic N) is 1. The molecule has 2 rings (SSSR count). The summed E-state index contributed by atoms with van der Waals surface area (Å²) in [7, 11) is 0. The van der Waals surface area contributed by atoms with Crippen LogP contribution in [0, 0.1) is 6.92 Å². The summed E-state index contributed by atoms with van der Waals surface area (Å²) in [6.07, 6.45) is 5.23. The Kier molecular flexibility index (Phi) is 4.76. The number of hydrogen-bond donors (Lipinski definition) is 1. The van der Waals surface area contributed by atoms with Crippen LogP contribution < -0.4 is 5.32 Å². The fraction of sp³-hybridized carbons (Fsp3) is 0.143. The van der Waals surface area contributed by atoms with E-state index in [-0.39, 0.29) is 5.91 Å². The van der Waals surface area contributed by atoms with Crippen molar-refractivity contribution in [3.63, 3.8) is 0 Å². The van der Waals surface area contributed by atoms with Gasteiger partial charge in [0.25, 0.3) is 0 Å². The van der Waals surface area contributed by atoms with Gasteiger partial charge in [-0.25, -0.2) is 4.98 Å². The molecule has 0 unspecified atom stereocenters. The fourth-order valence-electron chi connectivity index (χ4n) is 1.50. The van der Waals surface area contributed by atoms with Crippen LogP contribution in [0.2, 0.25) is 0 Å². The maximum Gasteiger partial charge on any atom is 0.248 e. The molecule has 2 aromatic rings. The molecule has 1 N–H and O–H groups in total. The minimum Gasteiger partial charge on any atom is -0.322 e. The molecular formula is C14H14N2OS2. The summed E-state index contributed by atoms with van der Waals surface area (Å²) in [5, 5.41) is 5.75. The highest BCUT2D eigenvalue weighted by Crippen LogP contribution is 2.19. The first-order valence-electron chi connectivity index (χ1n) is 5.72. The normalized spacial score (nSPS) is 10.8. The number of amides is 1. The third kappa shape index (κ3) is 4.22. The zero-order valence-corrected chi connectivity index (χ0v) is 12.3. The van der Waals surface area contributed by atoms with Gasteiger partial charge in [-0.2, -0.15) is 0 Å². The van der Waals surface area contributed by atoms with E-state index in [9.17, 15) is 4.79 Å². The second-order valence-corrected chi connectivity index (χ2v) is 5.79. The molecule has 0 saturated carbocycles. The van der Waals surface area contributed by atoms with Crippen molar-refractivity contribution in [2.75, 3.05) is 11.6 Å². The van der Waals surface area contributed by atoms with E-state index in [1.54, 1.807) is 29.2 Å². The fourth-order valence-corrected chi connectivity index (χ4v) is 2.54. The van der Waals surface area contributed by atoms with Gasteiger partial charge in [0.1, 0.15) is 0 Å². The summed E-state index contributed by atoms with van der Waals surface area (Å²) < 4.78 is 0. The first-order valence-corrected chi connectivity index (χ1v) is 7.83. The molecule has 0 aliphatic rings. The third-order valence-corrected chi connectivity index (χ3v) is 3.90. The smallest absolute Gasteiger partial charge is 0.248 e. The highest BCUT2D eigenvalue weighted by molar-refractivity contribution is 7.98. The molecule has 0 saturated heterocycles. The molecule has 1 aromatic heterocycles. The molecule has 1 heterocycles. The SMILES string of the molecule is CSc1cccc(NC(=O)/C=C/c2csc(C)n2)c1. The molecule has 0 spiro atoms. The van der Waals surface area contributed by atoms with E-state index in [2.05, 4.69) is 10.3 Å². The van der Waals surface area contributed by atoms with Gasteiger partial charge in [0.15, 0.2) is 0 Å². The number of thiazole rings is 1. The van der Waals surface area contributed by atoms with Gasteiger partial charge in [-0.3, -0.25) is 4.79 Å². The van der Waals surface area contributed by atoms with Gasteiger partial charge in [-0.15, -0.1) is 23.1 Å². The number of carbonyl (C=O) groups excluding carboxylic acids is 1. The van der Waals surface area contributed by atoms with Gasteiger partial charge >= 0.3 is 0 Å². The standard InChI is InChI=1S/C14H14N2OS2/c1-10-15-12(9-19-10)6-7-14(17)16-11-4-3-5-13(8-11)18-2/h3-9H,1-2H3,(H,16,17)/b7-6+. The molecule has 3 nitrogen and oxygen atoms in total. The molecule has 1 amide bonds. The maximum atomic E-state index is 11.8. The van der Waals surface area contributed by atoms with Crippen LogP contribution in [0.4, 0.5) is 5.69 Å². The van der Waals surface area contributed by atoms with Crippen molar-refractivity contribution in [2.24, 2.45) is 0 Å². The van der Waals surface area contributed by atoms with E-state index >= 15 is 0 Å². The monoisotopic (exact) mass is 290 g/mol. The van der Waals surface area contributed by atoms with Crippen molar-refractivity contribution in [1.29, 1.82) is 0 Å². The van der Waals surface area contributed by atoms with Crippen LogP contribution >= 0.6 is 23.1 Å². The lowest BCUT2D eigenvalue weighted by atomic mass is 10.3. The number of carbonyl (C=O) groups is 1. The van der Waals surface area contributed by atoms with E-state index in [0.717, 1.165) is 21.3 Å². The molecule has 0 aliphatic heterocycles. The molecule has 0 bridgehead atoms. The Morgan fingerprint density at radius 3 is 3.00 bits per heavy atom. The Hall–Kier alpha value is -1.59. The number of hydrogen-bond acceptors (Lipinski definition) is 4. The van der Waals surface area contributed by atoms with Crippen molar-refractivity contribution < 1.29 is 4.79 Å². The number of nitrogens with one attached hydrogen (secondary N) is 1. The summed E-state index contributed by atoms with van der Waals surface area (Å²) in [6, 6.07) is 7.75. The predicted octanol–water partition coefficient (Wildman–Crippen LogP) is 3.83. The number of benzene rings is 1. The molecular weight excluding hydrogens is 276 g/mol. The Morgan fingerprint density at radius 2 is 2.32 bits per heavy atom. The molecule has 98 valence electrons. The van der Waals surface area contributed by atoms with Gasteiger partial charge in [-0.1, -0.05) is 6.07 Å². The van der Waals surface area contributed by atoms with Crippen LogP contribution in [0.15, 0.2) is 40.6 Å². The van der Waals surface area contributed by atoms with Crippen molar-refractivity contribution in [1.82, 2.24) is 4.98 Å². The van der Waals surface area contributed by atoms with Crippen LogP contribution in [0.25, 0.3) is 6.08 Å². The Morgan fingerprint density at radius 1 is 1.47 bits per heavy atom. The second-order valence-electron chi connectivity index (χ2n) is 3.85. The van der Waals surface area contributed by atoms with Crippen LogP contribution in [0.3, 0.4) is 0 Å². The molecule has 0 radical (unpaired) electrons. The van der Waals surface area contributed by atoms with Gasteiger partial charge in [0.2, 0.25) is 5.91 Å². The average molecular weight is 290 g/mol. The molecule has 5 heteroatoms.